The number of benzene rings is 1. The summed E-state index contributed by atoms with van der Waals surface area (Å²) in [5.74, 6) is -0.128. The number of ether oxygens (including phenoxy) is 1. The predicted molar refractivity (Wildman–Crippen MR) is 79.5 cm³/mol. The molecule has 1 unspecified atom stereocenters. The molecule has 0 saturated heterocycles. The smallest absolute Gasteiger partial charge is 0.271 e. The number of nitro benzene ring substituents is 1. The quantitative estimate of drug-likeness (QED) is 0.562. The number of nitro groups is 1. The maximum Gasteiger partial charge on any atom is 0.271 e. The fraction of sp³-hybridized carbons (Fsp3) is 0.462. The van der Waals surface area contributed by atoms with E-state index in [1.807, 2.05) is 13.8 Å². The zero-order chi connectivity index (χ0) is 16.0. The summed E-state index contributed by atoms with van der Waals surface area (Å²) in [6, 6.07) is 3.57. The zero-order valence-corrected chi connectivity index (χ0v) is 12.6. The molecule has 0 radical (unpaired) electrons. The molecule has 3 N–H and O–H groups in total. The highest BCUT2D eigenvalue weighted by Crippen LogP contribution is 2.28. The average Bonchev–Trinajstić information content (AvgIpc) is 2.38. The molecule has 116 valence electrons. The van der Waals surface area contributed by atoms with E-state index in [2.05, 4.69) is 5.32 Å². The Balaban J connectivity index is 2.58. The van der Waals surface area contributed by atoms with Crippen molar-refractivity contribution in [1.29, 1.82) is 0 Å². The molecular formula is C13H18ClN3O4. The largest absolute Gasteiger partial charge is 0.492 e. The van der Waals surface area contributed by atoms with Crippen molar-refractivity contribution in [3.63, 3.8) is 0 Å². The topological polar surface area (TPSA) is 107 Å². The van der Waals surface area contributed by atoms with Crippen molar-refractivity contribution in [1.82, 2.24) is 5.32 Å². The lowest BCUT2D eigenvalue weighted by atomic mass is 10.2. The number of amides is 1. The van der Waals surface area contributed by atoms with Gasteiger partial charge in [0.2, 0.25) is 5.91 Å². The van der Waals surface area contributed by atoms with Gasteiger partial charge in [-0.15, -0.1) is 0 Å². The number of carbonyl (C=O) groups excluding carboxylic acids is 1. The van der Waals surface area contributed by atoms with Gasteiger partial charge in [-0.1, -0.05) is 25.4 Å². The second-order valence-electron chi connectivity index (χ2n) is 4.79. The number of nitrogens with one attached hydrogen (secondary N) is 1. The van der Waals surface area contributed by atoms with Crippen molar-refractivity contribution in [2.24, 2.45) is 5.73 Å². The van der Waals surface area contributed by atoms with Crippen molar-refractivity contribution < 1.29 is 14.5 Å². The lowest BCUT2D eigenvalue weighted by molar-refractivity contribution is -0.384. The van der Waals surface area contributed by atoms with Gasteiger partial charge >= 0.3 is 0 Å². The number of carbonyl (C=O) groups is 1. The Labute approximate surface area is 127 Å². The summed E-state index contributed by atoms with van der Waals surface area (Å²) in [5.41, 5.74) is 5.18. The first kappa shape index (κ1) is 17.2. The van der Waals surface area contributed by atoms with Crippen LogP contribution >= 0.6 is 11.6 Å². The maximum absolute atomic E-state index is 11.3. The molecule has 0 heterocycles. The number of nitrogens with zero attached hydrogens (tertiary/aromatic N) is 1. The first-order chi connectivity index (χ1) is 9.81. The molecule has 1 amide bonds. The van der Waals surface area contributed by atoms with E-state index in [0.29, 0.717) is 12.2 Å². The van der Waals surface area contributed by atoms with Crippen molar-refractivity contribution in [3.8, 4) is 5.75 Å². The fourth-order valence-corrected chi connectivity index (χ4v) is 1.95. The van der Waals surface area contributed by atoms with Crippen LogP contribution in [-0.2, 0) is 4.79 Å². The highest BCUT2D eigenvalue weighted by Gasteiger charge is 2.16. The molecule has 8 heteroatoms. The number of halogens is 1. The van der Waals surface area contributed by atoms with Crippen molar-refractivity contribution in [3.05, 3.63) is 33.3 Å². The Morgan fingerprint density at radius 3 is 2.67 bits per heavy atom. The standard InChI is InChI=1S/C13H18ClN3O4/c1-8(2)16-11(13(15)18)5-6-21-12-4-3-9(17(19)20)7-10(12)14/h3-4,7-8,11,16H,5-6H2,1-2H3,(H2,15,18). The van der Waals surface area contributed by atoms with Crippen molar-refractivity contribution in [2.45, 2.75) is 32.4 Å². The predicted octanol–water partition coefficient (Wildman–Crippen LogP) is 1.87. The van der Waals surface area contributed by atoms with Crippen LogP contribution in [-0.4, -0.2) is 29.5 Å². The minimum atomic E-state index is -0.536. The second-order valence-corrected chi connectivity index (χ2v) is 5.19. The summed E-state index contributed by atoms with van der Waals surface area (Å²) in [7, 11) is 0. The molecule has 0 aliphatic rings. The number of hydrogen-bond acceptors (Lipinski definition) is 5. The van der Waals surface area contributed by atoms with Crippen molar-refractivity contribution in [2.75, 3.05) is 6.61 Å². The number of primary amides is 1. The van der Waals surface area contributed by atoms with Gasteiger partial charge < -0.3 is 15.8 Å². The second kappa shape index (κ2) is 7.80. The van der Waals surface area contributed by atoms with Crippen LogP contribution in [0.5, 0.6) is 5.75 Å². The summed E-state index contributed by atoms with van der Waals surface area (Å²) in [5, 5.41) is 13.8. The molecule has 1 aromatic carbocycles. The Hall–Kier alpha value is -1.86. The van der Waals surface area contributed by atoms with Crippen LogP contribution in [0.4, 0.5) is 5.69 Å². The molecule has 0 aliphatic carbocycles. The molecular weight excluding hydrogens is 298 g/mol. The van der Waals surface area contributed by atoms with Crippen molar-refractivity contribution >= 4 is 23.2 Å². The normalized spacial score (nSPS) is 12.2. The molecule has 1 aromatic rings. The molecule has 0 spiro atoms. The third-order valence-electron chi connectivity index (χ3n) is 2.67. The molecule has 21 heavy (non-hydrogen) atoms. The number of rotatable bonds is 8. The fourth-order valence-electron chi connectivity index (χ4n) is 1.72. The van der Waals surface area contributed by atoms with Gasteiger partial charge in [0.25, 0.3) is 5.69 Å². The monoisotopic (exact) mass is 315 g/mol. The van der Waals surface area contributed by atoms with Crippen LogP contribution in [0.1, 0.15) is 20.3 Å². The molecule has 0 aliphatic heterocycles. The van der Waals surface area contributed by atoms with Crippen LogP contribution in [0.3, 0.4) is 0 Å². The van der Waals surface area contributed by atoms with E-state index in [1.165, 1.54) is 18.2 Å². The van der Waals surface area contributed by atoms with E-state index in [0.717, 1.165) is 0 Å². The average molecular weight is 316 g/mol. The summed E-state index contributed by atoms with van der Waals surface area (Å²) >= 11 is 5.90. The van der Waals surface area contributed by atoms with Gasteiger partial charge in [-0.2, -0.15) is 0 Å². The molecule has 0 aromatic heterocycles. The van der Waals surface area contributed by atoms with Gasteiger partial charge in [0.1, 0.15) is 5.75 Å². The molecule has 0 saturated carbocycles. The van der Waals surface area contributed by atoms with E-state index >= 15 is 0 Å². The summed E-state index contributed by atoms with van der Waals surface area (Å²) < 4.78 is 5.43. The van der Waals surface area contributed by atoms with E-state index in [4.69, 9.17) is 22.1 Å². The Morgan fingerprint density at radius 1 is 1.52 bits per heavy atom. The zero-order valence-electron chi connectivity index (χ0n) is 11.8. The Bertz CT molecular complexity index is 522. The summed E-state index contributed by atoms with van der Waals surface area (Å²) in [4.78, 5) is 21.3. The third-order valence-corrected chi connectivity index (χ3v) is 2.96. The van der Waals surface area contributed by atoms with Crippen LogP contribution < -0.4 is 15.8 Å². The number of non-ortho nitro benzene ring substituents is 1. The molecule has 7 nitrogen and oxygen atoms in total. The Morgan fingerprint density at radius 2 is 2.19 bits per heavy atom. The Kier molecular flexibility index (Phi) is 6.39. The first-order valence-corrected chi connectivity index (χ1v) is 6.81. The van der Waals surface area contributed by atoms with Gasteiger partial charge in [-0.05, 0) is 6.07 Å². The lowest BCUT2D eigenvalue weighted by Gasteiger charge is -2.18. The molecule has 0 fully saturated rings. The maximum atomic E-state index is 11.3. The first-order valence-electron chi connectivity index (χ1n) is 6.43. The SMILES string of the molecule is CC(C)NC(CCOc1ccc([N+](=O)[O-])cc1Cl)C(N)=O. The van der Waals surface area contributed by atoms with Crippen LogP contribution in [0.2, 0.25) is 5.02 Å². The van der Waals surface area contributed by atoms with Gasteiger partial charge in [-0.3, -0.25) is 14.9 Å². The molecule has 1 atom stereocenters. The van der Waals surface area contributed by atoms with Gasteiger partial charge in [0.15, 0.2) is 0 Å². The van der Waals surface area contributed by atoms with E-state index in [-0.39, 0.29) is 23.4 Å². The lowest BCUT2D eigenvalue weighted by Crippen LogP contribution is -2.45. The minimum absolute atomic E-state index is 0.108. The molecule has 0 bridgehead atoms. The van der Waals surface area contributed by atoms with E-state index in [9.17, 15) is 14.9 Å². The minimum Gasteiger partial charge on any atom is -0.492 e. The van der Waals surface area contributed by atoms with E-state index in [1.54, 1.807) is 0 Å². The number of nitrogens with two attached hydrogens (primary N) is 1. The van der Waals surface area contributed by atoms with E-state index < -0.39 is 16.9 Å². The highest BCUT2D eigenvalue weighted by atomic mass is 35.5. The highest BCUT2D eigenvalue weighted by molar-refractivity contribution is 6.32. The molecule has 1 rings (SSSR count). The van der Waals surface area contributed by atoms with Crippen LogP contribution in [0.25, 0.3) is 0 Å². The summed E-state index contributed by atoms with van der Waals surface area (Å²) in [6.45, 7) is 4.03. The number of hydrogen-bond donors (Lipinski definition) is 2. The van der Waals surface area contributed by atoms with Gasteiger partial charge in [-0.25, -0.2) is 0 Å². The van der Waals surface area contributed by atoms with Crippen LogP contribution in [0, 0.1) is 10.1 Å². The van der Waals surface area contributed by atoms with Gasteiger partial charge in [0.05, 0.1) is 22.6 Å². The summed E-state index contributed by atoms with van der Waals surface area (Å²) in [6.07, 6.45) is 0.376. The third kappa shape index (κ3) is 5.57. The van der Waals surface area contributed by atoms with Gasteiger partial charge in [0, 0.05) is 24.6 Å². The van der Waals surface area contributed by atoms with Crippen LogP contribution in [0.15, 0.2) is 18.2 Å².